The third-order valence-corrected chi connectivity index (χ3v) is 5.26. The lowest BCUT2D eigenvalue weighted by molar-refractivity contribution is 0.530. The SMILES string of the molecule is c1ccc(-c2cnc(CSc3ncnc4c3cnn4-c3ccccc3)o2)cc1. The molecule has 3 aromatic heterocycles. The van der Waals surface area contributed by atoms with Crippen LogP contribution in [0.3, 0.4) is 0 Å². The van der Waals surface area contributed by atoms with E-state index in [0.29, 0.717) is 11.6 Å². The summed E-state index contributed by atoms with van der Waals surface area (Å²) in [4.78, 5) is 13.2. The predicted octanol–water partition coefficient (Wildman–Crippen LogP) is 4.76. The summed E-state index contributed by atoms with van der Waals surface area (Å²) in [5.41, 5.74) is 2.76. The highest BCUT2D eigenvalue weighted by atomic mass is 32.2. The molecule has 3 heterocycles. The van der Waals surface area contributed by atoms with Crippen LogP contribution in [0, 0.1) is 0 Å². The average Bonchev–Trinajstić information content (AvgIpc) is 3.41. The zero-order valence-electron chi connectivity index (χ0n) is 14.8. The quantitative estimate of drug-likeness (QED) is 0.321. The van der Waals surface area contributed by atoms with Gasteiger partial charge >= 0.3 is 0 Å². The minimum absolute atomic E-state index is 0.579. The first-order valence-corrected chi connectivity index (χ1v) is 9.74. The van der Waals surface area contributed by atoms with E-state index in [2.05, 4.69) is 20.1 Å². The van der Waals surface area contributed by atoms with Crippen LogP contribution in [0.4, 0.5) is 0 Å². The van der Waals surface area contributed by atoms with Crippen LogP contribution in [0.15, 0.2) is 88.8 Å². The molecular weight excluding hydrogens is 370 g/mol. The molecule has 0 aliphatic heterocycles. The molecule has 7 heteroatoms. The number of hydrogen-bond acceptors (Lipinski definition) is 6. The van der Waals surface area contributed by atoms with Gasteiger partial charge in [0.2, 0.25) is 5.89 Å². The molecule has 0 saturated carbocycles. The Balaban J connectivity index is 1.39. The van der Waals surface area contributed by atoms with E-state index in [4.69, 9.17) is 4.42 Å². The van der Waals surface area contributed by atoms with Crippen LogP contribution in [0.2, 0.25) is 0 Å². The van der Waals surface area contributed by atoms with E-state index in [1.807, 2.05) is 65.3 Å². The second-order valence-corrected chi connectivity index (χ2v) is 7.05. The van der Waals surface area contributed by atoms with Crippen LogP contribution >= 0.6 is 11.8 Å². The molecule has 0 fully saturated rings. The number of thioether (sulfide) groups is 1. The monoisotopic (exact) mass is 385 g/mol. The predicted molar refractivity (Wildman–Crippen MR) is 108 cm³/mol. The molecule has 28 heavy (non-hydrogen) atoms. The Morgan fingerprint density at radius 3 is 2.46 bits per heavy atom. The van der Waals surface area contributed by atoms with Gasteiger partial charge in [-0.05, 0) is 12.1 Å². The lowest BCUT2D eigenvalue weighted by atomic mass is 10.2. The van der Waals surface area contributed by atoms with Crippen molar-refractivity contribution >= 4 is 22.8 Å². The van der Waals surface area contributed by atoms with Crippen LogP contribution in [0.5, 0.6) is 0 Å². The van der Waals surface area contributed by atoms with Crippen molar-refractivity contribution in [3.05, 3.63) is 85.3 Å². The smallest absolute Gasteiger partial charge is 0.205 e. The van der Waals surface area contributed by atoms with Crippen molar-refractivity contribution in [3.8, 4) is 17.0 Å². The molecule has 0 N–H and O–H groups in total. The van der Waals surface area contributed by atoms with Gasteiger partial charge in [0.05, 0.1) is 29.2 Å². The third kappa shape index (κ3) is 3.16. The van der Waals surface area contributed by atoms with E-state index < -0.39 is 0 Å². The molecule has 0 radical (unpaired) electrons. The van der Waals surface area contributed by atoms with Crippen molar-refractivity contribution in [2.75, 3.05) is 0 Å². The Bertz CT molecular complexity index is 1220. The standard InChI is InChI=1S/C21H15N5OS/c1-3-7-15(8-4-1)18-12-22-19(27-18)13-28-21-17-11-25-26(20(17)23-14-24-21)16-9-5-2-6-10-16/h1-12,14H,13H2. The molecule has 0 unspecified atom stereocenters. The molecule has 2 aromatic carbocycles. The highest BCUT2D eigenvalue weighted by Crippen LogP contribution is 2.29. The van der Waals surface area contributed by atoms with Gasteiger partial charge in [-0.15, -0.1) is 0 Å². The summed E-state index contributed by atoms with van der Waals surface area (Å²) >= 11 is 1.56. The van der Waals surface area contributed by atoms with Gasteiger partial charge in [0.1, 0.15) is 11.4 Å². The maximum atomic E-state index is 5.88. The van der Waals surface area contributed by atoms with Crippen LogP contribution in [0.25, 0.3) is 28.0 Å². The number of rotatable bonds is 5. The molecule has 0 saturated heterocycles. The van der Waals surface area contributed by atoms with Gasteiger partial charge in [-0.1, -0.05) is 60.3 Å². The van der Waals surface area contributed by atoms with Crippen molar-refractivity contribution in [1.82, 2.24) is 24.7 Å². The summed E-state index contributed by atoms with van der Waals surface area (Å²) in [5.74, 6) is 2.00. The highest BCUT2D eigenvalue weighted by molar-refractivity contribution is 7.98. The van der Waals surface area contributed by atoms with E-state index in [0.717, 1.165) is 33.1 Å². The fourth-order valence-electron chi connectivity index (χ4n) is 2.94. The van der Waals surface area contributed by atoms with E-state index in [-0.39, 0.29) is 0 Å². The van der Waals surface area contributed by atoms with E-state index in [1.54, 1.807) is 30.5 Å². The van der Waals surface area contributed by atoms with Crippen molar-refractivity contribution in [3.63, 3.8) is 0 Å². The Morgan fingerprint density at radius 1 is 0.857 bits per heavy atom. The van der Waals surface area contributed by atoms with Gasteiger partial charge in [-0.2, -0.15) is 5.10 Å². The van der Waals surface area contributed by atoms with Crippen LogP contribution in [0.1, 0.15) is 5.89 Å². The van der Waals surface area contributed by atoms with E-state index in [1.165, 1.54) is 0 Å². The fraction of sp³-hybridized carbons (Fsp3) is 0.0476. The lowest BCUT2D eigenvalue weighted by Crippen LogP contribution is -1.97. The molecule has 5 aromatic rings. The van der Waals surface area contributed by atoms with E-state index >= 15 is 0 Å². The number of aromatic nitrogens is 5. The first kappa shape index (κ1) is 16.7. The van der Waals surface area contributed by atoms with Gasteiger partial charge < -0.3 is 4.42 Å². The Hall–Kier alpha value is -3.45. The first-order valence-electron chi connectivity index (χ1n) is 8.75. The molecular formula is C21H15N5OS. The van der Waals surface area contributed by atoms with Gasteiger partial charge in [-0.25, -0.2) is 19.6 Å². The Morgan fingerprint density at radius 2 is 1.64 bits per heavy atom. The van der Waals surface area contributed by atoms with Crippen LogP contribution in [-0.4, -0.2) is 24.7 Å². The second-order valence-electron chi connectivity index (χ2n) is 6.08. The highest BCUT2D eigenvalue weighted by Gasteiger charge is 2.13. The maximum absolute atomic E-state index is 5.88. The number of para-hydroxylation sites is 1. The summed E-state index contributed by atoms with van der Waals surface area (Å²) in [6, 6.07) is 19.9. The Kier molecular flexibility index (Phi) is 4.34. The van der Waals surface area contributed by atoms with Gasteiger partial charge in [0.15, 0.2) is 11.4 Å². The lowest BCUT2D eigenvalue weighted by Gasteiger charge is -2.03. The summed E-state index contributed by atoms with van der Waals surface area (Å²) in [6.45, 7) is 0. The number of benzene rings is 2. The molecule has 5 rings (SSSR count). The summed E-state index contributed by atoms with van der Waals surface area (Å²) in [7, 11) is 0. The van der Waals surface area contributed by atoms with E-state index in [9.17, 15) is 0 Å². The van der Waals surface area contributed by atoms with Crippen molar-refractivity contribution in [2.45, 2.75) is 10.8 Å². The molecule has 6 nitrogen and oxygen atoms in total. The minimum Gasteiger partial charge on any atom is -0.440 e. The molecule has 136 valence electrons. The largest absolute Gasteiger partial charge is 0.440 e. The van der Waals surface area contributed by atoms with Gasteiger partial charge in [-0.3, -0.25) is 0 Å². The van der Waals surface area contributed by atoms with Crippen molar-refractivity contribution < 1.29 is 4.42 Å². The fourth-order valence-corrected chi connectivity index (χ4v) is 3.75. The van der Waals surface area contributed by atoms with Crippen molar-refractivity contribution in [2.24, 2.45) is 0 Å². The minimum atomic E-state index is 0.579. The summed E-state index contributed by atoms with van der Waals surface area (Å²) in [5, 5.41) is 6.25. The normalized spacial score (nSPS) is 11.1. The molecule has 0 bridgehead atoms. The zero-order valence-corrected chi connectivity index (χ0v) is 15.6. The first-order chi connectivity index (χ1) is 13.9. The van der Waals surface area contributed by atoms with Crippen LogP contribution in [-0.2, 0) is 5.75 Å². The topological polar surface area (TPSA) is 69.6 Å². The molecule has 0 amide bonds. The summed E-state index contributed by atoms with van der Waals surface area (Å²) < 4.78 is 7.70. The molecule has 0 atom stereocenters. The molecule has 0 aliphatic rings. The maximum Gasteiger partial charge on any atom is 0.205 e. The van der Waals surface area contributed by atoms with Crippen LogP contribution < -0.4 is 0 Å². The summed E-state index contributed by atoms with van der Waals surface area (Å²) in [6.07, 6.45) is 5.13. The van der Waals surface area contributed by atoms with Crippen molar-refractivity contribution in [1.29, 1.82) is 0 Å². The molecule has 0 spiro atoms. The second kappa shape index (κ2) is 7.28. The van der Waals surface area contributed by atoms with Gasteiger partial charge in [0.25, 0.3) is 0 Å². The number of fused-ring (bicyclic) bond motifs is 1. The number of nitrogens with zero attached hydrogens (tertiary/aromatic N) is 5. The molecule has 0 aliphatic carbocycles. The third-order valence-electron chi connectivity index (χ3n) is 4.27. The average molecular weight is 385 g/mol. The number of oxazole rings is 1. The van der Waals surface area contributed by atoms with Gasteiger partial charge in [0, 0.05) is 5.56 Å². The number of hydrogen-bond donors (Lipinski definition) is 0. The zero-order chi connectivity index (χ0) is 18.8. The Labute approximate surface area is 165 Å².